The van der Waals surface area contributed by atoms with Crippen LogP contribution in [0.3, 0.4) is 0 Å². The second kappa shape index (κ2) is 7.93. The maximum absolute atomic E-state index is 12.8. The molecule has 7 heteroatoms. The number of amides is 1. The fourth-order valence-corrected chi connectivity index (χ4v) is 4.14. The van der Waals surface area contributed by atoms with Crippen molar-refractivity contribution < 1.29 is 9.32 Å². The molecule has 1 amide bonds. The summed E-state index contributed by atoms with van der Waals surface area (Å²) in [5.41, 5.74) is 0.611. The first-order chi connectivity index (χ1) is 12.8. The quantitative estimate of drug-likeness (QED) is 0.838. The fourth-order valence-electron chi connectivity index (χ4n) is 4.14. The molecule has 138 valence electrons. The maximum Gasteiger partial charge on any atom is 0.227 e. The molecular weight excluding hydrogens is 330 g/mol. The third kappa shape index (κ3) is 3.92. The lowest BCUT2D eigenvalue weighted by Crippen LogP contribution is -2.43. The first kappa shape index (κ1) is 17.1. The molecule has 1 saturated heterocycles. The van der Waals surface area contributed by atoms with E-state index in [9.17, 15) is 4.79 Å². The van der Waals surface area contributed by atoms with E-state index < -0.39 is 0 Å². The van der Waals surface area contributed by atoms with Crippen LogP contribution in [0.25, 0.3) is 11.5 Å². The molecule has 2 fully saturated rings. The van der Waals surface area contributed by atoms with Gasteiger partial charge in [-0.1, -0.05) is 24.4 Å². The number of likely N-dealkylation sites (tertiary alicyclic amines) is 1. The highest BCUT2D eigenvalue weighted by molar-refractivity contribution is 5.79. The zero-order valence-electron chi connectivity index (χ0n) is 15.0. The normalized spacial score (nSPS) is 21.7. The minimum atomic E-state index is 0.245. The topological polar surface area (TPSA) is 85.0 Å². The molecule has 3 heterocycles. The highest BCUT2D eigenvalue weighted by Gasteiger charge is 2.30. The first-order valence-electron chi connectivity index (χ1n) is 9.67. The molecule has 4 rings (SSSR count). The Labute approximate surface area is 153 Å². The average Bonchev–Trinajstić information content (AvgIpc) is 3.17. The lowest BCUT2D eigenvalue weighted by Gasteiger charge is -2.35. The third-order valence-electron chi connectivity index (χ3n) is 5.51. The molecule has 7 nitrogen and oxygen atoms in total. The van der Waals surface area contributed by atoms with Crippen molar-refractivity contribution in [2.75, 3.05) is 13.1 Å². The van der Waals surface area contributed by atoms with E-state index in [2.05, 4.69) is 25.0 Å². The summed E-state index contributed by atoms with van der Waals surface area (Å²) in [5, 5.41) is 4.01. The van der Waals surface area contributed by atoms with E-state index in [1.807, 2.05) is 0 Å². The number of rotatable bonds is 4. The largest absolute Gasteiger partial charge is 0.342 e. The molecule has 2 aliphatic rings. The van der Waals surface area contributed by atoms with Crippen molar-refractivity contribution in [3.63, 3.8) is 0 Å². The summed E-state index contributed by atoms with van der Waals surface area (Å²) in [4.78, 5) is 27.6. The summed E-state index contributed by atoms with van der Waals surface area (Å²) in [6.07, 6.45) is 13.5. The van der Waals surface area contributed by atoms with E-state index in [0.29, 0.717) is 35.7 Å². The van der Waals surface area contributed by atoms with Crippen molar-refractivity contribution in [1.82, 2.24) is 25.0 Å². The molecule has 1 saturated carbocycles. The Hall–Kier alpha value is -2.31. The van der Waals surface area contributed by atoms with Crippen molar-refractivity contribution in [1.29, 1.82) is 0 Å². The van der Waals surface area contributed by atoms with Crippen LogP contribution in [0.15, 0.2) is 23.1 Å². The van der Waals surface area contributed by atoms with Crippen LogP contribution in [0, 0.1) is 11.8 Å². The van der Waals surface area contributed by atoms with Gasteiger partial charge in [-0.2, -0.15) is 4.98 Å². The van der Waals surface area contributed by atoms with Crippen LogP contribution in [0.2, 0.25) is 0 Å². The molecule has 0 radical (unpaired) electrons. The predicted molar refractivity (Wildman–Crippen MR) is 94.9 cm³/mol. The standard InChI is InChI=1S/C19H25N5O2/c25-19(15-6-2-1-3-7-15)24-10-4-5-14(13-24)11-17-22-18(23-26-17)16-12-20-8-9-21-16/h8-9,12,14-15H,1-7,10-11,13H2. The van der Waals surface area contributed by atoms with Crippen molar-refractivity contribution >= 4 is 5.91 Å². The van der Waals surface area contributed by atoms with Gasteiger partial charge in [-0.25, -0.2) is 4.98 Å². The van der Waals surface area contributed by atoms with Crippen LogP contribution >= 0.6 is 0 Å². The second-order valence-corrected chi connectivity index (χ2v) is 7.43. The highest BCUT2D eigenvalue weighted by atomic mass is 16.5. The lowest BCUT2D eigenvalue weighted by molar-refractivity contribution is -0.138. The van der Waals surface area contributed by atoms with Gasteiger partial charge in [0.2, 0.25) is 17.6 Å². The summed E-state index contributed by atoms with van der Waals surface area (Å²) >= 11 is 0. The van der Waals surface area contributed by atoms with Gasteiger partial charge in [0, 0.05) is 37.8 Å². The Morgan fingerprint density at radius 1 is 1.15 bits per heavy atom. The van der Waals surface area contributed by atoms with Gasteiger partial charge in [-0.05, 0) is 31.6 Å². The van der Waals surface area contributed by atoms with E-state index in [1.165, 1.54) is 19.3 Å². The monoisotopic (exact) mass is 355 g/mol. The number of nitrogens with zero attached hydrogens (tertiary/aromatic N) is 5. The molecule has 1 aliphatic carbocycles. The van der Waals surface area contributed by atoms with Crippen LogP contribution in [0.1, 0.15) is 50.8 Å². The maximum atomic E-state index is 12.8. The van der Waals surface area contributed by atoms with Gasteiger partial charge in [0.1, 0.15) is 5.69 Å². The molecule has 0 bridgehead atoms. The molecule has 0 N–H and O–H groups in total. The molecule has 26 heavy (non-hydrogen) atoms. The van der Waals surface area contributed by atoms with Crippen LogP contribution in [-0.4, -0.2) is 44.0 Å². The van der Waals surface area contributed by atoms with Crippen molar-refractivity contribution in [3.8, 4) is 11.5 Å². The van der Waals surface area contributed by atoms with Crippen molar-refractivity contribution in [2.24, 2.45) is 11.8 Å². The van der Waals surface area contributed by atoms with Crippen LogP contribution in [0.4, 0.5) is 0 Å². The van der Waals surface area contributed by atoms with Crippen molar-refractivity contribution in [3.05, 3.63) is 24.5 Å². The Kier molecular flexibility index (Phi) is 5.22. The minimum Gasteiger partial charge on any atom is -0.342 e. The van der Waals surface area contributed by atoms with Gasteiger partial charge in [-0.3, -0.25) is 9.78 Å². The zero-order chi connectivity index (χ0) is 17.8. The van der Waals surface area contributed by atoms with E-state index in [-0.39, 0.29) is 5.92 Å². The molecule has 1 unspecified atom stereocenters. The molecule has 0 aromatic carbocycles. The number of aromatic nitrogens is 4. The molecule has 1 atom stereocenters. The van der Waals surface area contributed by atoms with Crippen LogP contribution in [-0.2, 0) is 11.2 Å². The Bertz CT molecular complexity index is 727. The molecule has 2 aromatic heterocycles. The third-order valence-corrected chi connectivity index (χ3v) is 5.51. The van der Waals surface area contributed by atoms with E-state index in [4.69, 9.17) is 4.52 Å². The molecular formula is C19H25N5O2. The minimum absolute atomic E-state index is 0.245. The van der Waals surface area contributed by atoms with Gasteiger partial charge in [0.25, 0.3) is 0 Å². The van der Waals surface area contributed by atoms with Crippen molar-refractivity contribution in [2.45, 2.75) is 51.4 Å². The van der Waals surface area contributed by atoms with Gasteiger partial charge < -0.3 is 9.42 Å². The Balaban J connectivity index is 1.36. The van der Waals surface area contributed by atoms with E-state index in [0.717, 1.165) is 38.8 Å². The predicted octanol–water partition coefficient (Wildman–Crippen LogP) is 2.89. The van der Waals surface area contributed by atoms with E-state index >= 15 is 0 Å². The average molecular weight is 355 g/mol. The van der Waals surface area contributed by atoms with Gasteiger partial charge in [0.05, 0.1) is 6.20 Å². The summed E-state index contributed by atoms with van der Waals surface area (Å²) in [6, 6.07) is 0. The second-order valence-electron chi connectivity index (χ2n) is 7.43. The summed E-state index contributed by atoms with van der Waals surface area (Å²) in [7, 11) is 0. The molecule has 0 spiro atoms. The van der Waals surface area contributed by atoms with Gasteiger partial charge in [0.15, 0.2) is 0 Å². The summed E-state index contributed by atoms with van der Waals surface area (Å²) in [5.74, 6) is 2.07. The van der Waals surface area contributed by atoms with Gasteiger partial charge in [-0.15, -0.1) is 0 Å². The number of hydrogen-bond acceptors (Lipinski definition) is 6. The Morgan fingerprint density at radius 2 is 2.04 bits per heavy atom. The molecule has 2 aromatic rings. The smallest absolute Gasteiger partial charge is 0.227 e. The number of hydrogen-bond donors (Lipinski definition) is 0. The zero-order valence-corrected chi connectivity index (χ0v) is 15.0. The van der Waals surface area contributed by atoms with Crippen LogP contribution in [0.5, 0.6) is 0 Å². The number of piperidine rings is 1. The summed E-state index contributed by atoms with van der Waals surface area (Å²) < 4.78 is 5.40. The SMILES string of the molecule is O=C(C1CCCCC1)N1CCCC(Cc2nc(-c3cnccn3)no2)C1. The van der Waals surface area contributed by atoms with Gasteiger partial charge >= 0.3 is 0 Å². The fraction of sp³-hybridized carbons (Fsp3) is 0.632. The highest BCUT2D eigenvalue weighted by Crippen LogP contribution is 2.28. The summed E-state index contributed by atoms with van der Waals surface area (Å²) in [6.45, 7) is 1.69. The number of carbonyl (C=O) groups is 1. The van der Waals surface area contributed by atoms with E-state index in [1.54, 1.807) is 18.6 Å². The molecule has 1 aliphatic heterocycles. The first-order valence-corrected chi connectivity index (χ1v) is 9.67. The number of carbonyl (C=O) groups excluding carboxylic acids is 1. The van der Waals surface area contributed by atoms with Crippen LogP contribution < -0.4 is 0 Å². The lowest BCUT2D eigenvalue weighted by atomic mass is 9.87. The Morgan fingerprint density at radius 3 is 2.85 bits per heavy atom.